The summed E-state index contributed by atoms with van der Waals surface area (Å²) in [5, 5.41) is 12.2. The number of nitriles is 1. The number of pyridine rings is 1. The second-order valence-corrected chi connectivity index (χ2v) is 4.80. The van der Waals surface area contributed by atoms with E-state index >= 15 is 0 Å². The van der Waals surface area contributed by atoms with E-state index in [1.165, 1.54) is 25.9 Å². The second kappa shape index (κ2) is 6.36. The van der Waals surface area contributed by atoms with Crippen LogP contribution in [-0.4, -0.2) is 36.1 Å². The Morgan fingerprint density at radius 1 is 1.50 bits per heavy atom. The molecule has 0 bridgehead atoms. The van der Waals surface area contributed by atoms with Crippen LogP contribution in [0.15, 0.2) is 18.3 Å². The van der Waals surface area contributed by atoms with Crippen molar-refractivity contribution in [2.24, 2.45) is 5.92 Å². The molecule has 96 valence electrons. The number of rotatable bonds is 4. The molecule has 1 aliphatic heterocycles. The predicted octanol–water partition coefficient (Wildman–Crippen LogP) is 2.10. The van der Waals surface area contributed by atoms with Crippen LogP contribution >= 0.6 is 0 Å². The molecule has 1 aromatic heterocycles. The molecule has 18 heavy (non-hydrogen) atoms. The zero-order valence-corrected chi connectivity index (χ0v) is 10.9. The first kappa shape index (κ1) is 12.8. The fourth-order valence-electron chi connectivity index (χ4n) is 2.35. The molecule has 1 aromatic rings. The summed E-state index contributed by atoms with van der Waals surface area (Å²) in [5.74, 6) is 1.53. The van der Waals surface area contributed by atoms with Gasteiger partial charge < -0.3 is 10.2 Å². The highest BCUT2D eigenvalue weighted by atomic mass is 15.1. The maximum absolute atomic E-state index is 8.82. The summed E-state index contributed by atoms with van der Waals surface area (Å²) in [7, 11) is 0. The third kappa shape index (κ3) is 3.44. The van der Waals surface area contributed by atoms with E-state index in [0.29, 0.717) is 5.56 Å². The molecule has 4 nitrogen and oxygen atoms in total. The zero-order valence-electron chi connectivity index (χ0n) is 10.9. The van der Waals surface area contributed by atoms with E-state index < -0.39 is 0 Å². The maximum atomic E-state index is 8.82. The van der Waals surface area contributed by atoms with Crippen molar-refractivity contribution in [1.29, 1.82) is 5.26 Å². The van der Waals surface area contributed by atoms with Crippen LogP contribution in [0.3, 0.4) is 0 Å². The molecule has 1 N–H and O–H groups in total. The van der Waals surface area contributed by atoms with Crippen LogP contribution in [0.25, 0.3) is 0 Å². The molecule has 2 heterocycles. The van der Waals surface area contributed by atoms with Gasteiger partial charge in [-0.05, 0) is 50.5 Å². The lowest BCUT2D eigenvalue weighted by atomic mass is 9.97. The van der Waals surface area contributed by atoms with Gasteiger partial charge in [0.05, 0.1) is 11.6 Å². The van der Waals surface area contributed by atoms with Gasteiger partial charge in [0.15, 0.2) is 0 Å². The highest BCUT2D eigenvalue weighted by Crippen LogP contribution is 2.17. The van der Waals surface area contributed by atoms with Crippen LogP contribution in [0.1, 0.15) is 25.3 Å². The van der Waals surface area contributed by atoms with E-state index in [1.807, 2.05) is 0 Å². The molecule has 1 saturated heterocycles. The number of likely N-dealkylation sites (tertiary alicyclic amines) is 1. The van der Waals surface area contributed by atoms with Gasteiger partial charge in [0, 0.05) is 12.7 Å². The topological polar surface area (TPSA) is 52.0 Å². The normalized spacial score (nSPS) is 17.3. The average Bonchev–Trinajstić information content (AvgIpc) is 2.46. The van der Waals surface area contributed by atoms with Gasteiger partial charge in [-0.2, -0.15) is 5.26 Å². The lowest BCUT2D eigenvalue weighted by molar-refractivity contribution is 0.198. The smallest absolute Gasteiger partial charge is 0.127 e. The molecule has 2 rings (SSSR count). The Balaban J connectivity index is 1.80. The quantitative estimate of drug-likeness (QED) is 0.881. The van der Waals surface area contributed by atoms with Crippen molar-refractivity contribution in [2.45, 2.75) is 19.8 Å². The highest BCUT2D eigenvalue weighted by Gasteiger charge is 2.17. The van der Waals surface area contributed by atoms with Gasteiger partial charge in [0.1, 0.15) is 5.82 Å². The summed E-state index contributed by atoms with van der Waals surface area (Å²) in [4.78, 5) is 6.72. The summed E-state index contributed by atoms with van der Waals surface area (Å²) >= 11 is 0. The van der Waals surface area contributed by atoms with Crippen molar-refractivity contribution in [3.63, 3.8) is 0 Å². The molecular weight excluding hydrogens is 224 g/mol. The van der Waals surface area contributed by atoms with Crippen LogP contribution in [0.5, 0.6) is 0 Å². The Labute approximate surface area is 109 Å². The molecule has 1 aliphatic rings. The predicted molar refractivity (Wildman–Crippen MR) is 72.3 cm³/mol. The van der Waals surface area contributed by atoms with Gasteiger partial charge in [0.25, 0.3) is 0 Å². The minimum Gasteiger partial charge on any atom is -0.370 e. The summed E-state index contributed by atoms with van der Waals surface area (Å²) in [6, 6.07) is 5.67. The summed E-state index contributed by atoms with van der Waals surface area (Å²) in [6.07, 6.45) is 4.18. The van der Waals surface area contributed by atoms with Crippen molar-refractivity contribution >= 4 is 5.82 Å². The van der Waals surface area contributed by atoms with Gasteiger partial charge >= 0.3 is 0 Å². The number of aromatic nitrogens is 1. The monoisotopic (exact) mass is 244 g/mol. The number of nitrogens with zero attached hydrogens (tertiary/aromatic N) is 3. The highest BCUT2D eigenvalue weighted by molar-refractivity contribution is 5.42. The molecule has 0 aromatic carbocycles. The minimum absolute atomic E-state index is 0.660. The van der Waals surface area contributed by atoms with Crippen LogP contribution in [0.4, 0.5) is 5.82 Å². The lowest BCUT2D eigenvalue weighted by Gasteiger charge is -2.31. The summed E-state index contributed by atoms with van der Waals surface area (Å²) < 4.78 is 0. The van der Waals surface area contributed by atoms with E-state index in [1.54, 1.807) is 18.3 Å². The maximum Gasteiger partial charge on any atom is 0.127 e. The zero-order chi connectivity index (χ0) is 12.8. The summed E-state index contributed by atoms with van der Waals surface area (Å²) in [6.45, 7) is 6.74. The van der Waals surface area contributed by atoms with Crippen molar-refractivity contribution in [3.8, 4) is 6.07 Å². The third-order valence-electron chi connectivity index (χ3n) is 3.62. The Morgan fingerprint density at radius 2 is 2.28 bits per heavy atom. The SMILES string of the molecule is CCN1CCC(CNc2cc(C#N)ccn2)CC1. The average molecular weight is 244 g/mol. The van der Waals surface area contributed by atoms with E-state index in [-0.39, 0.29) is 0 Å². The van der Waals surface area contributed by atoms with Crippen molar-refractivity contribution in [2.75, 3.05) is 31.5 Å². The van der Waals surface area contributed by atoms with Gasteiger partial charge in [-0.15, -0.1) is 0 Å². The fourth-order valence-corrected chi connectivity index (χ4v) is 2.35. The Kier molecular flexibility index (Phi) is 4.54. The standard InChI is InChI=1S/C14H20N4/c1-2-18-7-4-12(5-8-18)11-17-14-9-13(10-15)3-6-16-14/h3,6,9,12H,2,4-5,7-8,11H2,1H3,(H,16,17). The molecule has 4 heteroatoms. The van der Waals surface area contributed by atoms with E-state index in [0.717, 1.165) is 24.8 Å². The number of piperidine rings is 1. The Bertz CT molecular complexity index is 416. The van der Waals surface area contributed by atoms with E-state index in [4.69, 9.17) is 5.26 Å². The van der Waals surface area contributed by atoms with Gasteiger partial charge in [0.2, 0.25) is 0 Å². The first-order valence-corrected chi connectivity index (χ1v) is 6.64. The minimum atomic E-state index is 0.660. The first-order valence-electron chi connectivity index (χ1n) is 6.64. The second-order valence-electron chi connectivity index (χ2n) is 4.80. The Morgan fingerprint density at radius 3 is 2.94 bits per heavy atom. The molecule has 0 saturated carbocycles. The van der Waals surface area contributed by atoms with E-state index in [9.17, 15) is 0 Å². The molecule has 0 atom stereocenters. The van der Waals surface area contributed by atoms with Crippen molar-refractivity contribution in [3.05, 3.63) is 23.9 Å². The van der Waals surface area contributed by atoms with Gasteiger partial charge in [-0.25, -0.2) is 4.98 Å². The third-order valence-corrected chi connectivity index (χ3v) is 3.62. The van der Waals surface area contributed by atoms with Gasteiger partial charge in [-0.3, -0.25) is 0 Å². The number of nitrogens with one attached hydrogen (secondary N) is 1. The van der Waals surface area contributed by atoms with Crippen molar-refractivity contribution in [1.82, 2.24) is 9.88 Å². The molecule has 1 fully saturated rings. The number of anilines is 1. The molecular formula is C14H20N4. The molecule has 0 aliphatic carbocycles. The molecule has 0 spiro atoms. The largest absolute Gasteiger partial charge is 0.370 e. The Hall–Kier alpha value is -1.60. The molecule has 0 amide bonds. The number of hydrogen-bond acceptors (Lipinski definition) is 4. The van der Waals surface area contributed by atoms with Crippen LogP contribution < -0.4 is 5.32 Å². The first-order chi connectivity index (χ1) is 8.81. The summed E-state index contributed by atoms with van der Waals surface area (Å²) in [5.41, 5.74) is 0.660. The van der Waals surface area contributed by atoms with Crippen LogP contribution in [0, 0.1) is 17.2 Å². The van der Waals surface area contributed by atoms with Crippen molar-refractivity contribution < 1.29 is 0 Å². The molecule has 0 radical (unpaired) electrons. The van der Waals surface area contributed by atoms with Gasteiger partial charge in [-0.1, -0.05) is 6.92 Å². The molecule has 0 unspecified atom stereocenters. The van der Waals surface area contributed by atoms with Crippen LogP contribution in [0.2, 0.25) is 0 Å². The van der Waals surface area contributed by atoms with Crippen LogP contribution in [-0.2, 0) is 0 Å². The fraction of sp³-hybridized carbons (Fsp3) is 0.571. The number of hydrogen-bond donors (Lipinski definition) is 1. The van der Waals surface area contributed by atoms with E-state index in [2.05, 4.69) is 28.2 Å². The lowest BCUT2D eigenvalue weighted by Crippen LogP contribution is -2.35.